The van der Waals surface area contributed by atoms with Gasteiger partial charge in [0.05, 0.1) is 32.0 Å². The van der Waals surface area contributed by atoms with Crippen LogP contribution in [-0.4, -0.2) is 64.4 Å². The first-order valence-electron chi connectivity index (χ1n) is 7.80. The predicted molar refractivity (Wildman–Crippen MR) is 83.4 cm³/mol. The molecule has 0 aromatic heterocycles. The monoisotopic (exact) mass is 301 g/mol. The highest BCUT2D eigenvalue weighted by molar-refractivity contribution is 4.93. The molecule has 2 N–H and O–H groups in total. The quantitative estimate of drug-likeness (QED) is 0.562. The van der Waals surface area contributed by atoms with Crippen LogP contribution in [-0.2, 0) is 14.2 Å². The lowest BCUT2D eigenvalue weighted by molar-refractivity contribution is 0.00606. The number of aliphatic hydroxyl groups is 1. The third-order valence-corrected chi connectivity index (χ3v) is 4.00. The number of allylic oxidation sites excluding steroid dienone is 2. The van der Waals surface area contributed by atoms with Gasteiger partial charge in [0.1, 0.15) is 0 Å². The summed E-state index contributed by atoms with van der Waals surface area (Å²) in [6, 6.07) is 0. The maximum absolute atomic E-state index is 9.89. The summed E-state index contributed by atoms with van der Waals surface area (Å²) in [5.41, 5.74) is 0. The predicted octanol–water partition coefficient (Wildman–Crippen LogP) is 1.22. The standard InChI is InChI=1S/C16H31NO4/c1-13-6-4-5-7-14(13)10-21-11-15(18)8-17-9-16(20-3)12-19-2/h4-5,13-18H,6-12H2,1-3H3. The molecule has 0 bridgehead atoms. The van der Waals surface area contributed by atoms with Gasteiger partial charge >= 0.3 is 0 Å². The molecule has 4 unspecified atom stereocenters. The fraction of sp³-hybridized carbons (Fsp3) is 0.875. The van der Waals surface area contributed by atoms with E-state index in [1.807, 2.05) is 0 Å². The molecule has 21 heavy (non-hydrogen) atoms. The minimum absolute atomic E-state index is 0.0120. The van der Waals surface area contributed by atoms with Crippen LogP contribution in [0.15, 0.2) is 12.2 Å². The summed E-state index contributed by atoms with van der Waals surface area (Å²) in [6.45, 7) is 5.07. The van der Waals surface area contributed by atoms with Crippen LogP contribution in [0.25, 0.3) is 0 Å². The minimum Gasteiger partial charge on any atom is -0.389 e. The van der Waals surface area contributed by atoms with Crippen LogP contribution in [0.2, 0.25) is 0 Å². The van der Waals surface area contributed by atoms with Crippen LogP contribution < -0.4 is 5.32 Å². The van der Waals surface area contributed by atoms with Crippen molar-refractivity contribution in [1.82, 2.24) is 5.32 Å². The molecule has 0 aromatic rings. The van der Waals surface area contributed by atoms with E-state index >= 15 is 0 Å². The smallest absolute Gasteiger partial charge is 0.0928 e. The SMILES string of the molecule is COCC(CNCC(O)COCC1CC=CCC1C)OC. The average molecular weight is 301 g/mol. The molecular weight excluding hydrogens is 270 g/mol. The second-order valence-corrected chi connectivity index (χ2v) is 5.84. The van der Waals surface area contributed by atoms with Crippen LogP contribution in [0.5, 0.6) is 0 Å². The first kappa shape index (κ1) is 18.6. The molecule has 5 heteroatoms. The van der Waals surface area contributed by atoms with Crippen LogP contribution >= 0.6 is 0 Å². The van der Waals surface area contributed by atoms with Gasteiger partial charge in [-0.3, -0.25) is 0 Å². The Labute approximate surface area is 128 Å². The molecule has 0 spiro atoms. The van der Waals surface area contributed by atoms with Crippen LogP contribution in [0.4, 0.5) is 0 Å². The zero-order valence-corrected chi connectivity index (χ0v) is 13.6. The van der Waals surface area contributed by atoms with Crippen molar-refractivity contribution in [2.45, 2.75) is 32.0 Å². The van der Waals surface area contributed by atoms with Crippen molar-refractivity contribution < 1.29 is 19.3 Å². The highest BCUT2D eigenvalue weighted by Gasteiger charge is 2.18. The van der Waals surface area contributed by atoms with Gasteiger partial charge in [0.15, 0.2) is 0 Å². The summed E-state index contributed by atoms with van der Waals surface area (Å²) in [4.78, 5) is 0. The molecular formula is C16H31NO4. The van der Waals surface area contributed by atoms with E-state index in [1.165, 1.54) is 0 Å². The Balaban J connectivity index is 2.05. The Morgan fingerprint density at radius 2 is 1.95 bits per heavy atom. The van der Waals surface area contributed by atoms with Gasteiger partial charge in [-0.2, -0.15) is 0 Å². The van der Waals surface area contributed by atoms with Crippen LogP contribution in [0.1, 0.15) is 19.8 Å². The van der Waals surface area contributed by atoms with E-state index < -0.39 is 6.10 Å². The molecule has 0 radical (unpaired) electrons. The van der Waals surface area contributed by atoms with E-state index in [0.29, 0.717) is 38.1 Å². The normalized spacial score (nSPS) is 25.0. The Hall–Kier alpha value is -0.460. The van der Waals surface area contributed by atoms with Crippen molar-refractivity contribution in [2.24, 2.45) is 11.8 Å². The third-order valence-electron chi connectivity index (χ3n) is 4.00. The molecule has 0 saturated heterocycles. The first-order chi connectivity index (χ1) is 10.2. The van der Waals surface area contributed by atoms with E-state index in [4.69, 9.17) is 14.2 Å². The van der Waals surface area contributed by atoms with Crippen molar-refractivity contribution in [2.75, 3.05) is 47.1 Å². The maximum atomic E-state index is 9.89. The van der Waals surface area contributed by atoms with E-state index in [-0.39, 0.29) is 6.10 Å². The van der Waals surface area contributed by atoms with Gasteiger partial charge in [0.25, 0.3) is 0 Å². The van der Waals surface area contributed by atoms with Crippen molar-refractivity contribution in [1.29, 1.82) is 0 Å². The summed E-state index contributed by atoms with van der Waals surface area (Å²) in [5.74, 6) is 1.25. The lowest BCUT2D eigenvalue weighted by atomic mass is 9.85. The van der Waals surface area contributed by atoms with E-state index in [1.54, 1.807) is 14.2 Å². The number of rotatable bonds is 11. The van der Waals surface area contributed by atoms with Gasteiger partial charge in [0, 0.05) is 27.3 Å². The molecule has 0 amide bonds. The number of hydrogen-bond donors (Lipinski definition) is 2. The molecule has 1 aliphatic carbocycles. The second kappa shape index (κ2) is 11.2. The first-order valence-corrected chi connectivity index (χ1v) is 7.80. The molecule has 0 saturated carbocycles. The fourth-order valence-electron chi connectivity index (χ4n) is 2.46. The van der Waals surface area contributed by atoms with Crippen molar-refractivity contribution in [3.05, 3.63) is 12.2 Å². The van der Waals surface area contributed by atoms with E-state index in [2.05, 4.69) is 24.4 Å². The molecule has 0 heterocycles. The Morgan fingerprint density at radius 3 is 2.62 bits per heavy atom. The van der Waals surface area contributed by atoms with Crippen molar-refractivity contribution in [3.8, 4) is 0 Å². The fourth-order valence-corrected chi connectivity index (χ4v) is 2.46. The number of ether oxygens (including phenoxy) is 3. The van der Waals surface area contributed by atoms with Gasteiger partial charge in [-0.05, 0) is 24.7 Å². The zero-order valence-electron chi connectivity index (χ0n) is 13.6. The summed E-state index contributed by atoms with van der Waals surface area (Å²) >= 11 is 0. The number of nitrogens with one attached hydrogen (secondary N) is 1. The van der Waals surface area contributed by atoms with E-state index in [9.17, 15) is 5.11 Å². The minimum atomic E-state index is -0.487. The molecule has 4 atom stereocenters. The van der Waals surface area contributed by atoms with Crippen LogP contribution in [0, 0.1) is 11.8 Å². The largest absolute Gasteiger partial charge is 0.389 e. The highest BCUT2D eigenvalue weighted by atomic mass is 16.5. The van der Waals surface area contributed by atoms with Gasteiger partial charge < -0.3 is 24.6 Å². The molecule has 0 fully saturated rings. The molecule has 5 nitrogen and oxygen atoms in total. The Bertz CT molecular complexity index is 285. The van der Waals surface area contributed by atoms with E-state index in [0.717, 1.165) is 19.4 Å². The molecule has 0 aliphatic heterocycles. The van der Waals surface area contributed by atoms with Crippen molar-refractivity contribution >= 4 is 0 Å². The maximum Gasteiger partial charge on any atom is 0.0928 e. The molecule has 1 aliphatic rings. The van der Waals surface area contributed by atoms with Gasteiger partial charge in [-0.1, -0.05) is 19.1 Å². The Morgan fingerprint density at radius 1 is 1.19 bits per heavy atom. The van der Waals surface area contributed by atoms with Gasteiger partial charge in [-0.15, -0.1) is 0 Å². The molecule has 1 rings (SSSR count). The van der Waals surface area contributed by atoms with Gasteiger partial charge in [0.2, 0.25) is 0 Å². The second-order valence-electron chi connectivity index (χ2n) is 5.84. The zero-order chi connectivity index (χ0) is 15.5. The van der Waals surface area contributed by atoms with Crippen molar-refractivity contribution in [3.63, 3.8) is 0 Å². The topological polar surface area (TPSA) is 60.0 Å². The lowest BCUT2D eigenvalue weighted by Gasteiger charge is -2.25. The number of methoxy groups -OCH3 is 2. The lowest BCUT2D eigenvalue weighted by Crippen LogP contribution is -2.38. The summed E-state index contributed by atoms with van der Waals surface area (Å²) < 4.78 is 15.9. The third kappa shape index (κ3) is 7.93. The molecule has 124 valence electrons. The van der Waals surface area contributed by atoms with Crippen LogP contribution in [0.3, 0.4) is 0 Å². The highest BCUT2D eigenvalue weighted by Crippen LogP contribution is 2.24. The summed E-state index contributed by atoms with van der Waals surface area (Å²) in [7, 11) is 3.31. The average Bonchev–Trinajstić information content (AvgIpc) is 2.48. The summed E-state index contributed by atoms with van der Waals surface area (Å²) in [5, 5.41) is 13.1. The number of hydrogen-bond acceptors (Lipinski definition) is 5. The summed E-state index contributed by atoms with van der Waals surface area (Å²) in [6.07, 6.45) is 6.22. The number of aliphatic hydroxyl groups excluding tert-OH is 1. The Kier molecular flexibility index (Phi) is 9.87. The molecule has 0 aromatic carbocycles. The van der Waals surface area contributed by atoms with Gasteiger partial charge in [-0.25, -0.2) is 0 Å².